The summed E-state index contributed by atoms with van der Waals surface area (Å²) in [6.07, 6.45) is 4.58. The fourth-order valence-corrected chi connectivity index (χ4v) is 2.51. The van der Waals surface area contributed by atoms with Crippen LogP contribution in [-0.2, 0) is 11.2 Å². The van der Waals surface area contributed by atoms with Gasteiger partial charge in [0.15, 0.2) is 0 Å². The van der Waals surface area contributed by atoms with Gasteiger partial charge in [0.05, 0.1) is 18.6 Å². The minimum Gasteiger partial charge on any atom is -0.462 e. The van der Waals surface area contributed by atoms with Crippen LogP contribution in [0.2, 0.25) is 0 Å². The molecule has 1 heterocycles. The molecule has 0 saturated carbocycles. The van der Waals surface area contributed by atoms with E-state index in [1.165, 1.54) is 0 Å². The van der Waals surface area contributed by atoms with Crippen LogP contribution in [0.15, 0.2) is 65.2 Å². The van der Waals surface area contributed by atoms with E-state index in [9.17, 15) is 4.79 Å². The Morgan fingerprint density at radius 3 is 2.62 bits per heavy atom. The van der Waals surface area contributed by atoms with Crippen molar-refractivity contribution in [3.8, 4) is 5.69 Å². The summed E-state index contributed by atoms with van der Waals surface area (Å²) in [7, 11) is 0. The molecule has 0 aliphatic carbocycles. The second-order valence-corrected chi connectivity index (χ2v) is 5.58. The molecule has 0 bridgehead atoms. The van der Waals surface area contributed by atoms with Gasteiger partial charge in [0, 0.05) is 12.1 Å². The summed E-state index contributed by atoms with van der Waals surface area (Å²) in [5.74, 6) is -0.0908. The first-order valence-electron chi connectivity index (χ1n) is 8.34. The van der Waals surface area contributed by atoms with Crippen LogP contribution in [0.1, 0.15) is 28.5 Å². The van der Waals surface area contributed by atoms with Crippen LogP contribution in [0, 0.1) is 0 Å². The molecule has 0 radical (unpaired) electrons. The van der Waals surface area contributed by atoms with Gasteiger partial charge in [0.1, 0.15) is 0 Å². The number of carbonyl (C=O) groups excluding carboxylic acids is 1. The summed E-state index contributed by atoms with van der Waals surface area (Å²) in [5.41, 5.74) is 9.00. The highest BCUT2D eigenvalue weighted by molar-refractivity contribution is 5.89. The van der Waals surface area contributed by atoms with E-state index in [4.69, 9.17) is 15.0 Å². The van der Waals surface area contributed by atoms with Crippen molar-refractivity contribution in [1.29, 1.82) is 0 Å². The van der Waals surface area contributed by atoms with Gasteiger partial charge in [-0.1, -0.05) is 42.5 Å². The first-order chi connectivity index (χ1) is 12.7. The number of anilines is 1. The molecule has 0 amide bonds. The zero-order valence-electron chi connectivity index (χ0n) is 14.5. The topological polar surface area (TPSA) is 82.2 Å². The maximum atomic E-state index is 11.7. The van der Waals surface area contributed by atoms with Crippen LogP contribution in [-0.4, -0.2) is 17.8 Å². The molecule has 0 aliphatic rings. The summed E-state index contributed by atoms with van der Waals surface area (Å²) < 4.78 is 11.7. The van der Waals surface area contributed by atoms with Gasteiger partial charge in [-0.25, -0.2) is 4.79 Å². The Labute approximate surface area is 151 Å². The number of hydrogen-bond donors (Lipinski definition) is 1. The standard InChI is InChI=1S/C20H20N3O3/c1-2-25-20(24)16-11-13-17(14-12-16)23-18(19(21)26-22-23)10-6-9-15-7-4-3-5-8-15/h3-9,11-14H,2,10,21H2,1H3/q+1. The van der Waals surface area contributed by atoms with Crippen LogP contribution >= 0.6 is 0 Å². The second kappa shape index (κ2) is 8.11. The Morgan fingerprint density at radius 2 is 1.92 bits per heavy atom. The number of nitrogen functional groups attached to an aromatic ring is 1. The molecule has 6 heteroatoms. The third-order valence-corrected chi connectivity index (χ3v) is 3.80. The highest BCUT2D eigenvalue weighted by Gasteiger charge is 2.24. The van der Waals surface area contributed by atoms with E-state index in [1.807, 2.05) is 42.5 Å². The Balaban J connectivity index is 1.79. The van der Waals surface area contributed by atoms with Gasteiger partial charge in [-0.2, -0.15) is 0 Å². The number of nitrogens with zero attached hydrogens (tertiary/aromatic N) is 2. The van der Waals surface area contributed by atoms with E-state index in [-0.39, 0.29) is 11.9 Å². The summed E-state index contributed by atoms with van der Waals surface area (Å²) >= 11 is 0. The van der Waals surface area contributed by atoms with Crippen LogP contribution in [0.4, 0.5) is 5.88 Å². The van der Waals surface area contributed by atoms with Crippen LogP contribution in [0.5, 0.6) is 0 Å². The highest BCUT2D eigenvalue weighted by atomic mass is 16.5. The van der Waals surface area contributed by atoms with Crippen molar-refractivity contribution in [3.63, 3.8) is 0 Å². The van der Waals surface area contributed by atoms with Crippen molar-refractivity contribution in [2.45, 2.75) is 13.3 Å². The van der Waals surface area contributed by atoms with Crippen molar-refractivity contribution in [2.24, 2.45) is 0 Å². The van der Waals surface area contributed by atoms with E-state index in [0.29, 0.717) is 18.6 Å². The molecule has 3 aromatic rings. The fraction of sp³-hybridized carbons (Fsp3) is 0.150. The minimum absolute atomic E-state index is 0.261. The lowest BCUT2D eigenvalue weighted by atomic mass is 10.1. The van der Waals surface area contributed by atoms with E-state index >= 15 is 0 Å². The van der Waals surface area contributed by atoms with Gasteiger partial charge in [0.25, 0.3) is 11.6 Å². The van der Waals surface area contributed by atoms with Crippen LogP contribution in [0.3, 0.4) is 0 Å². The van der Waals surface area contributed by atoms with Crippen LogP contribution in [0.25, 0.3) is 11.8 Å². The monoisotopic (exact) mass is 350 g/mol. The molecule has 3 rings (SSSR count). The predicted octanol–water partition coefficient (Wildman–Crippen LogP) is 2.97. The summed E-state index contributed by atoms with van der Waals surface area (Å²) in [6, 6.07) is 16.9. The van der Waals surface area contributed by atoms with Crippen molar-refractivity contribution in [3.05, 3.63) is 77.5 Å². The van der Waals surface area contributed by atoms with Crippen molar-refractivity contribution in [2.75, 3.05) is 12.3 Å². The Morgan fingerprint density at radius 1 is 1.19 bits per heavy atom. The average Bonchev–Trinajstić information content (AvgIpc) is 3.04. The second-order valence-electron chi connectivity index (χ2n) is 5.58. The van der Waals surface area contributed by atoms with Crippen molar-refractivity contribution in [1.82, 2.24) is 5.27 Å². The van der Waals surface area contributed by atoms with Gasteiger partial charge < -0.3 is 10.5 Å². The molecule has 0 unspecified atom stereocenters. The number of aromatic nitrogens is 2. The van der Waals surface area contributed by atoms with Gasteiger partial charge in [-0.05, 0) is 29.3 Å². The smallest absolute Gasteiger partial charge is 0.338 e. The van der Waals surface area contributed by atoms with E-state index in [2.05, 4.69) is 5.27 Å². The van der Waals surface area contributed by atoms with Gasteiger partial charge in [-0.15, -0.1) is 0 Å². The average molecular weight is 350 g/mol. The van der Waals surface area contributed by atoms with E-state index < -0.39 is 0 Å². The molecule has 26 heavy (non-hydrogen) atoms. The summed E-state index contributed by atoms with van der Waals surface area (Å²) in [6.45, 7) is 2.11. The molecule has 6 nitrogen and oxygen atoms in total. The number of carbonyl (C=O) groups is 1. The molecular weight excluding hydrogens is 330 g/mol. The summed E-state index contributed by atoms with van der Waals surface area (Å²) in [5, 5.41) is 3.99. The third-order valence-electron chi connectivity index (χ3n) is 3.80. The van der Waals surface area contributed by atoms with Gasteiger partial charge in [0.2, 0.25) is 11.0 Å². The van der Waals surface area contributed by atoms with Gasteiger partial charge >= 0.3 is 5.97 Å². The molecule has 1 aromatic heterocycles. The number of allylic oxidation sites excluding steroid dienone is 1. The van der Waals surface area contributed by atoms with E-state index in [0.717, 1.165) is 16.9 Å². The van der Waals surface area contributed by atoms with Gasteiger partial charge in [-0.3, -0.25) is 4.52 Å². The highest BCUT2D eigenvalue weighted by Crippen LogP contribution is 2.12. The SMILES string of the molecule is CCOC(=O)c1ccc(-[n+]2noc(N)c2CC=Cc2ccccc2)cc1. The maximum absolute atomic E-state index is 11.7. The minimum atomic E-state index is -0.352. The lowest BCUT2D eigenvalue weighted by Crippen LogP contribution is -2.36. The zero-order chi connectivity index (χ0) is 18.4. The van der Waals surface area contributed by atoms with Crippen LogP contribution < -0.4 is 10.4 Å². The lowest BCUT2D eigenvalue weighted by molar-refractivity contribution is -0.676. The largest absolute Gasteiger partial charge is 0.462 e. The number of hydrogen-bond acceptors (Lipinski definition) is 5. The molecule has 2 aromatic carbocycles. The molecule has 132 valence electrons. The van der Waals surface area contributed by atoms with E-state index in [1.54, 1.807) is 35.9 Å². The molecule has 0 spiro atoms. The summed E-state index contributed by atoms with van der Waals surface area (Å²) in [4.78, 5) is 11.7. The quantitative estimate of drug-likeness (QED) is 0.546. The molecule has 2 N–H and O–H groups in total. The Hall–Kier alpha value is -3.41. The molecule has 0 atom stereocenters. The molecule has 0 saturated heterocycles. The number of ether oxygens (including phenoxy) is 1. The number of benzene rings is 2. The Bertz CT molecular complexity index is 900. The Kier molecular flexibility index (Phi) is 5.43. The number of esters is 1. The lowest BCUT2D eigenvalue weighted by Gasteiger charge is -2.00. The third kappa shape index (κ3) is 3.97. The number of rotatable bonds is 6. The maximum Gasteiger partial charge on any atom is 0.338 e. The molecular formula is C20H20N3O3+. The predicted molar refractivity (Wildman–Crippen MR) is 97.6 cm³/mol. The number of nitrogens with two attached hydrogens (primary N) is 1. The normalized spacial score (nSPS) is 11.0. The first kappa shape index (κ1) is 17.4. The fourth-order valence-electron chi connectivity index (χ4n) is 2.51. The molecule has 0 aliphatic heterocycles. The van der Waals surface area contributed by atoms with Crippen molar-refractivity contribution >= 4 is 17.9 Å². The first-order valence-corrected chi connectivity index (χ1v) is 8.34. The zero-order valence-corrected chi connectivity index (χ0v) is 14.5. The van der Waals surface area contributed by atoms with Crippen molar-refractivity contribution < 1.29 is 18.7 Å². The molecule has 0 fully saturated rings.